The maximum Gasteiger partial charge on any atom is 0.0470 e. The summed E-state index contributed by atoms with van der Waals surface area (Å²) in [7, 11) is 0. The van der Waals surface area contributed by atoms with Gasteiger partial charge < -0.3 is 0 Å². The molecule has 2 aliphatic rings. The zero-order valence-corrected chi connectivity index (χ0v) is 8.80. The Morgan fingerprint density at radius 2 is 1.85 bits per heavy atom. The molecule has 2 heteroatoms. The van der Waals surface area contributed by atoms with Gasteiger partial charge in [0, 0.05) is 17.7 Å². The van der Waals surface area contributed by atoms with Crippen LogP contribution in [0.1, 0.15) is 38.5 Å². The second kappa shape index (κ2) is 4.85. The van der Waals surface area contributed by atoms with Crippen molar-refractivity contribution in [3.8, 4) is 0 Å². The van der Waals surface area contributed by atoms with Crippen molar-refractivity contribution in [2.24, 2.45) is 10.9 Å². The topological polar surface area (TPSA) is 12.4 Å². The molecule has 1 unspecified atom stereocenters. The average Bonchev–Trinajstić information content (AvgIpc) is 2.47. The van der Waals surface area contributed by atoms with Crippen molar-refractivity contribution in [1.82, 2.24) is 0 Å². The van der Waals surface area contributed by atoms with Gasteiger partial charge in [-0.2, -0.15) is 0 Å². The molecule has 0 spiro atoms. The SMILES string of the molecule is C1=CSC(C2CCCCCC2)C=N1. The molecule has 1 fully saturated rings. The van der Waals surface area contributed by atoms with E-state index in [2.05, 4.69) is 16.6 Å². The minimum Gasteiger partial charge on any atom is -0.267 e. The molecular weight excluding hydrogens is 178 g/mol. The third-order valence-corrected chi connectivity index (χ3v) is 4.08. The number of nitrogens with zero attached hydrogens (tertiary/aromatic N) is 1. The van der Waals surface area contributed by atoms with Gasteiger partial charge in [-0.15, -0.1) is 11.8 Å². The van der Waals surface area contributed by atoms with Crippen LogP contribution in [0, 0.1) is 5.92 Å². The fourth-order valence-corrected chi connectivity index (χ4v) is 3.16. The van der Waals surface area contributed by atoms with Crippen LogP contribution in [0.25, 0.3) is 0 Å². The Hall–Kier alpha value is -0.240. The molecular formula is C11H17NS. The number of hydrogen-bond donors (Lipinski definition) is 0. The van der Waals surface area contributed by atoms with Gasteiger partial charge in [-0.25, -0.2) is 0 Å². The molecule has 1 heterocycles. The third kappa shape index (κ3) is 2.60. The van der Waals surface area contributed by atoms with Crippen LogP contribution >= 0.6 is 11.8 Å². The lowest BCUT2D eigenvalue weighted by Gasteiger charge is -2.21. The van der Waals surface area contributed by atoms with Crippen LogP contribution in [0.3, 0.4) is 0 Å². The Kier molecular flexibility index (Phi) is 3.48. The monoisotopic (exact) mass is 195 g/mol. The Morgan fingerprint density at radius 1 is 1.08 bits per heavy atom. The summed E-state index contributed by atoms with van der Waals surface area (Å²) < 4.78 is 0. The van der Waals surface area contributed by atoms with E-state index in [1.807, 2.05) is 18.0 Å². The summed E-state index contributed by atoms with van der Waals surface area (Å²) >= 11 is 1.95. The lowest BCUT2D eigenvalue weighted by atomic mass is 9.97. The van der Waals surface area contributed by atoms with Crippen molar-refractivity contribution in [2.75, 3.05) is 0 Å². The molecule has 0 aromatic rings. The Labute approximate surface area is 84.7 Å². The standard InChI is InChI=1S/C11H17NS/c1-2-4-6-10(5-3-1)11-9-12-7-8-13-11/h7-11H,1-6H2. The van der Waals surface area contributed by atoms with Gasteiger partial charge in [0.25, 0.3) is 0 Å². The molecule has 0 bridgehead atoms. The lowest BCUT2D eigenvalue weighted by Crippen LogP contribution is -2.18. The van der Waals surface area contributed by atoms with Crippen molar-refractivity contribution < 1.29 is 0 Å². The van der Waals surface area contributed by atoms with Gasteiger partial charge >= 0.3 is 0 Å². The Balaban J connectivity index is 1.90. The molecule has 2 rings (SSSR count). The van der Waals surface area contributed by atoms with Crippen molar-refractivity contribution in [3.05, 3.63) is 11.6 Å². The van der Waals surface area contributed by atoms with Crippen LogP contribution in [-0.4, -0.2) is 11.5 Å². The van der Waals surface area contributed by atoms with Crippen LogP contribution in [0.5, 0.6) is 0 Å². The molecule has 0 radical (unpaired) electrons. The van der Waals surface area contributed by atoms with E-state index < -0.39 is 0 Å². The molecule has 1 saturated carbocycles. The largest absolute Gasteiger partial charge is 0.267 e. The first kappa shape index (κ1) is 9.32. The maximum atomic E-state index is 4.24. The van der Waals surface area contributed by atoms with E-state index in [9.17, 15) is 0 Å². The first-order valence-corrected chi connectivity index (χ1v) is 6.25. The summed E-state index contributed by atoms with van der Waals surface area (Å²) in [6, 6.07) is 0. The molecule has 1 aliphatic heterocycles. The highest BCUT2D eigenvalue weighted by Crippen LogP contribution is 2.32. The normalized spacial score (nSPS) is 30.3. The van der Waals surface area contributed by atoms with E-state index in [1.165, 1.54) is 38.5 Å². The highest BCUT2D eigenvalue weighted by molar-refractivity contribution is 8.03. The zero-order chi connectivity index (χ0) is 8.93. The number of aliphatic imine (C=N–C) groups is 1. The van der Waals surface area contributed by atoms with Crippen LogP contribution in [-0.2, 0) is 0 Å². The highest BCUT2D eigenvalue weighted by atomic mass is 32.2. The average molecular weight is 195 g/mol. The van der Waals surface area contributed by atoms with Gasteiger partial charge in [-0.3, -0.25) is 4.99 Å². The fraction of sp³-hybridized carbons (Fsp3) is 0.727. The summed E-state index contributed by atoms with van der Waals surface area (Å²) in [5.74, 6) is 0.890. The van der Waals surface area contributed by atoms with Crippen LogP contribution in [0.2, 0.25) is 0 Å². The number of thioether (sulfide) groups is 1. The van der Waals surface area contributed by atoms with Crippen LogP contribution in [0.15, 0.2) is 16.6 Å². The molecule has 1 nitrogen and oxygen atoms in total. The van der Waals surface area contributed by atoms with E-state index in [4.69, 9.17) is 0 Å². The first-order valence-electron chi connectivity index (χ1n) is 5.30. The number of rotatable bonds is 1. The molecule has 1 aliphatic carbocycles. The van der Waals surface area contributed by atoms with Crippen LogP contribution in [0.4, 0.5) is 0 Å². The molecule has 0 aromatic heterocycles. The zero-order valence-electron chi connectivity index (χ0n) is 7.98. The Morgan fingerprint density at radius 3 is 2.46 bits per heavy atom. The second-order valence-electron chi connectivity index (χ2n) is 3.94. The van der Waals surface area contributed by atoms with E-state index in [1.54, 1.807) is 0 Å². The second-order valence-corrected chi connectivity index (χ2v) is 5.02. The third-order valence-electron chi connectivity index (χ3n) is 2.98. The molecule has 0 amide bonds. The summed E-state index contributed by atoms with van der Waals surface area (Å²) in [6.07, 6.45) is 12.6. The molecule has 72 valence electrons. The molecule has 1 atom stereocenters. The summed E-state index contributed by atoms with van der Waals surface area (Å²) in [6.45, 7) is 0. The quantitative estimate of drug-likeness (QED) is 0.582. The van der Waals surface area contributed by atoms with E-state index in [0.29, 0.717) is 5.25 Å². The van der Waals surface area contributed by atoms with Gasteiger partial charge in [0.2, 0.25) is 0 Å². The fourth-order valence-electron chi connectivity index (χ4n) is 2.20. The number of hydrogen-bond acceptors (Lipinski definition) is 2. The lowest BCUT2D eigenvalue weighted by molar-refractivity contribution is 0.488. The van der Waals surface area contributed by atoms with Crippen LogP contribution < -0.4 is 0 Å². The van der Waals surface area contributed by atoms with Gasteiger partial charge in [-0.05, 0) is 24.2 Å². The Bertz CT molecular complexity index is 202. The predicted molar refractivity (Wildman–Crippen MR) is 60.2 cm³/mol. The maximum absolute atomic E-state index is 4.24. The van der Waals surface area contributed by atoms with Gasteiger partial charge in [0.15, 0.2) is 0 Å². The van der Waals surface area contributed by atoms with E-state index >= 15 is 0 Å². The summed E-state index contributed by atoms with van der Waals surface area (Å²) in [5, 5.41) is 2.80. The van der Waals surface area contributed by atoms with E-state index in [0.717, 1.165) is 5.92 Å². The highest BCUT2D eigenvalue weighted by Gasteiger charge is 2.21. The molecule has 0 N–H and O–H groups in total. The minimum atomic E-state index is 0.670. The van der Waals surface area contributed by atoms with Crippen molar-refractivity contribution in [2.45, 2.75) is 43.8 Å². The smallest absolute Gasteiger partial charge is 0.0470 e. The van der Waals surface area contributed by atoms with Crippen molar-refractivity contribution >= 4 is 18.0 Å². The summed E-state index contributed by atoms with van der Waals surface area (Å²) in [4.78, 5) is 4.24. The molecule has 13 heavy (non-hydrogen) atoms. The van der Waals surface area contributed by atoms with E-state index in [-0.39, 0.29) is 0 Å². The first-order chi connectivity index (χ1) is 6.47. The molecule has 0 aromatic carbocycles. The predicted octanol–water partition coefficient (Wildman–Crippen LogP) is 3.61. The van der Waals surface area contributed by atoms with Crippen molar-refractivity contribution in [3.63, 3.8) is 0 Å². The van der Waals surface area contributed by atoms with Gasteiger partial charge in [-0.1, -0.05) is 25.7 Å². The minimum absolute atomic E-state index is 0.670. The van der Waals surface area contributed by atoms with Crippen molar-refractivity contribution in [1.29, 1.82) is 0 Å². The van der Waals surface area contributed by atoms with Gasteiger partial charge in [0.1, 0.15) is 0 Å². The summed E-state index contributed by atoms with van der Waals surface area (Å²) in [5.41, 5.74) is 0. The van der Waals surface area contributed by atoms with Gasteiger partial charge in [0.05, 0.1) is 0 Å². The molecule has 0 saturated heterocycles.